The predicted molar refractivity (Wildman–Crippen MR) is 463 cm³/mol. The molecular weight excluding hydrogens is 1730 g/mol. The summed E-state index contributed by atoms with van der Waals surface area (Å²) in [7, 11) is 6.37. The van der Waals surface area contributed by atoms with Gasteiger partial charge < -0.3 is 45.8 Å². The number of carboxylic acids is 1. The summed E-state index contributed by atoms with van der Waals surface area (Å²) < 4.78 is 12.8. The van der Waals surface area contributed by atoms with Crippen LogP contribution in [0.15, 0.2) is 217 Å². The second-order valence-electron chi connectivity index (χ2n) is 27.1. The van der Waals surface area contributed by atoms with Crippen LogP contribution in [-0.4, -0.2) is 226 Å². The number of fused-ring (bicyclic) bond motifs is 4. The summed E-state index contributed by atoms with van der Waals surface area (Å²) in [6.07, 6.45) is 3.36. The Morgan fingerprint density at radius 3 is 1.22 bits per heavy atom. The minimum Gasteiger partial charge on any atom is -0.870 e. The molecule has 0 atom stereocenters. The first-order valence-corrected chi connectivity index (χ1v) is 40.3. The molecule has 33 heteroatoms. The summed E-state index contributed by atoms with van der Waals surface area (Å²) in [5.74, 6) is 0.0409. The zero-order chi connectivity index (χ0) is 79.2. The zero-order valence-corrected chi connectivity index (χ0v) is 70.4. The molecule has 14 aromatic rings. The standard InChI is InChI=1S/C26H26N6O2S.C16H14N2O.C15H12N2O2.C11H16N4OS.C9H6I2N2O.C6H6BO2.Li.2H2O/c1-29-22-8-7-19(15-21(22)23(28-29)18-5-3-2-4-6-18)25(33)32-16-20(17-32)30-10-12-31(13-11-30)26(34)24-27-9-14-35-24;1-11(19)13-8-9-15-14(10-13)16(17-18(15)2)12-6-4-3-5-7-12;1-17-13-8-7-11(15(18)19)9-12(13)14(16-17)10-5-3-2-4-6-10;16-11(10-13-1-6-17-10)15-4-2-14(3-5-15)9-7-12-8-9;1-5(14)6-2-3-8-7(4-6)9(10)12-13(8)11;8-7-9-6-4-2-1-3-5-6;;;/h2-9,14-15,20H,10-13,16-17H2,1H3;3-10H,1-2H3;2-9H,1H3,(H,18,19);1,6,9,12H,2-5,7-8H2;2-4H,1H3;1-5,8H;;2*1H2/q;;;;;;+1;;/p-1. The minimum atomic E-state index is -0.926. The van der Waals surface area contributed by atoms with E-state index in [1.807, 2.05) is 220 Å². The number of Topliss-reactive ketones (excluding diaryl/α,β-unsaturated/α-hetero) is 2. The van der Waals surface area contributed by atoms with E-state index >= 15 is 0 Å². The zero-order valence-electron chi connectivity index (χ0n) is 64.5. The number of thiazole rings is 2. The molecule has 4 saturated heterocycles. The first-order valence-electron chi connectivity index (χ1n) is 36.5. The maximum absolute atomic E-state index is 13.2. The van der Waals surface area contributed by atoms with Gasteiger partial charge in [0.05, 0.1) is 56.2 Å². The number of aryl methyl sites for hydroxylation is 3. The number of amides is 3. The van der Waals surface area contributed by atoms with Crippen molar-refractivity contribution in [1.82, 2.24) is 77.1 Å². The molecule has 0 saturated carbocycles. The Balaban J connectivity index is 0.000000153. The van der Waals surface area contributed by atoms with Crippen LogP contribution in [-0.2, 0) is 21.1 Å². The topological polar surface area (TPSA) is 339 Å². The van der Waals surface area contributed by atoms with Crippen LogP contribution in [0.3, 0.4) is 0 Å². The number of aromatic nitrogens is 10. The average molecular weight is 1820 g/mol. The quantitative estimate of drug-likeness (QED) is 0.0551. The largest absolute Gasteiger partial charge is 1.00 e. The van der Waals surface area contributed by atoms with E-state index in [4.69, 9.17) is 15.2 Å². The number of carbonyl (C=O) groups excluding carboxylic acids is 5. The van der Waals surface area contributed by atoms with Gasteiger partial charge in [0.2, 0.25) is 0 Å². The van der Waals surface area contributed by atoms with Crippen LogP contribution in [0.5, 0.6) is 5.75 Å². The third kappa shape index (κ3) is 21.0. The first kappa shape index (κ1) is 88.2. The summed E-state index contributed by atoms with van der Waals surface area (Å²) >= 11 is 7.10. The maximum atomic E-state index is 13.2. The van der Waals surface area contributed by atoms with Crippen LogP contribution in [0.4, 0.5) is 0 Å². The van der Waals surface area contributed by atoms with Crippen molar-refractivity contribution in [3.63, 3.8) is 0 Å². The van der Waals surface area contributed by atoms with E-state index in [9.17, 15) is 28.8 Å². The van der Waals surface area contributed by atoms with Crippen molar-refractivity contribution in [1.29, 1.82) is 0 Å². The van der Waals surface area contributed by atoms with Gasteiger partial charge in [0.15, 0.2) is 21.6 Å². The van der Waals surface area contributed by atoms with Crippen molar-refractivity contribution >= 4 is 155 Å². The van der Waals surface area contributed by atoms with Crippen molar-refractivity contribution in [3.05, 3.63) is 253 Å². The Bertz CT molecular complexity index is 5540. The molecule has 6 aromatic heterocycles. The number of carboxylic acid groups (broad SMARTS) is 1. The van der Waals surface area contributed by atoms with E-state index < -0.39 is 5.97 Å². The van der Waals surface area contributed by atoms with Crippen LogP contribution in [0, 0.1) is 3.70 Å². The van der Waals surface area contributed by atoms with Gasteiger partial charge in [-0.3, -0.25) is 47.8 Å². The number of carbonyl (C=O) groups is 6. The normalized spacial score (nSPS) is 13.9. The Morgan fingerprint density at radius 1 is 0.474 bits per heavy atom. The number of hydrogen-bond acceptors (Lipinski definition) is 20. The molecule has 0 spiro atoms. The number of benzene rings is 8. The number of ketones is 2. The summed E-state index contributed by atoms with van der Waals surface area (Å²) in [6, 6.07) is 62.2. The molecule has 4 fully saturated rings. The van der Waals surface area contributed by atoms with Crippen molar-refractivity contribution in [3.8, 4) is 39.5 Å². The molecule has 18 rings (SSSR count). The smallest absolute Gasteiger partial charge is 0.870 e. The summed E-state index contributed by atoms with van der Waals surface area (Å²) in [6.45, 7) is 13.5. The molecule has 116 heavy (non-hydrogen) atoms. The van der Waals surface area contributed by atoms with Crippen molar-refractivity contribution < 1.29 is 73.4 Å². The third-order valence-corrected chi connectivity index (χ3v) is 23.0. The van der Waals surface area contributed by atoms with Gasteiger partial charge in [-0.25, -0.2) is 17.7 Å². The molecule has 4 aliphatic heterocycles. The number of piperazine rings is 2. The Kier molecular flexibility index (Phi) is 31.2. The van der Waals surface area contributed by atoms with Crippen molar-refractivity contribution in [2.24, 2.45) is 21.1 Å². The number of nitrogens with zero attached hydrogens (tertiary/aromatic N) is 15. The third-order valence-electron chi connectivity index (χ3n) is 19.9. The van der Waals surface area contributed by atoms with Gasteiger partial charge >= 0.3 is 32.5 Å². The van der Waals surface area contributed by atoms with Crippen molar-refractivity contribution in [2.75, 3.05) is 78.5 Å². The molecule has 3 amide bonds. The van der Waals surface area contributed by atoms with Gasteiger partial charge in [0.1, 0.15) is 20.8 Å². The number of likely N-dealkylation sites (tertiary alicyclic amines) is 1. The second kappa shape index (κ2) is 41.1. The SMILES string of the molecule is CC(=O)c1ccc2c(c1)c(-c1ccccc1)nn2C.CC(=O)c1ccc2c(c1)c(I)nn2I.Cn1nc(-c2ccccc2)c2cc(C(=O)N3CC(N4CCN(C(=O)c5nccs5)CC4)C3)ccc21.Cn1nc(-c2ccccc2)c2cc(C(=O)O)ccc21.O.O=C(c1nccs1)N1CCN(C2CNC2)CC1.O[B]Oc1ccccc1.[Li+].[OH-]. The van der Waals surface area contributed by atoms with Gasteiger partial charge in [0.25, 0.3) is 17.7 Å². The fourth-order valence-corrected chi connectivity index (χ4v) is 16.5. The van der Waals surface area contributed by atoms with E-state index in [0.717, 1.165) is 158 Å². The number of nitrogens with one attached hydrogen (secondary N) is 1. The van der Waals surface area contributed by atoms with Gasteiger partial charge in [-0.05, 0) is 121 Å². The number of para-hydroxylation sites is 1. The number of rotatable bonds is 13. The molecule has 6 N–H and O–H groups in total. The molecule has 591 valence electrons. The summed E-state index contributed by atoms with van der Waals surface area (Å²) in [5, 5.41) is 47.3. The van der Waals surface area contributed by atoms with E-state index in [1.54, 1.807) is 64.2 Å². The van der Waals surface area contributed by atoms with Gasteiger partial charge in [-0.2, -0.15) is 20.4 Å². The summed E-state index contributed by atoms with van der Waals surface area (Å²) in [4.78, 5) is 90.4. The average Bonchev–Trinajstić information content (AvgIpc) is 1.56. The van der Waals surface area contributed by atoms with Crippen LogP contribution < -0.4 is 28.8 Å². The van der Waals surface area contributed by atoms with E-state index in [1.165, 1.54) is 22.7 Å². The van der Waals surface area contributed by atoms with Crippen molar-refractivity contribution in [2.45, 2.75) is 25.9 Å². The van der Waals surface area contributed by atoms with Crippen LogP contribution >= 0.6 is 68.1 Å². The molecular formula is C83H83BI2LiN16O11S2. The van der Waals surface area contributed by atoms with E-state index in [2.05, 4.69) is 90.5 Å². The van der Waals surface area contributed by atoms with Crippen LogP contribution in [0.2, 0.25) is 0 Å². The molecule has 1 radical (unpaired) electrons. The second-order valence-corrected chi connectivity index (χ2v) is 30.8. The van der Waals surface area contributed by atoms with Crippen LogP contribution in [0.1, 0.15) is 74.9 Å². The molecule has 10 heterocycles. The van der Waals surface area contributed by atoms with E-state index in [-0.39, 0.29) is 64.7 Å². The number of hydrogen-bond donors (Lipinski definition) is 3. The van der Waals surface area contributed by atoms with Gasteiger partial charge in [-0.15, -0.1) is 22.7 Å². The molecule has 4 aliphatic rings. The van der Waals surface area contributed by atoms with Crippen LogP contribution in [0.25, 0.3) is 77.4 Å². The summed E-state index contributed by atoms with van der Waals surface area (Å²) in [5.41, 5.74) is 12.1. The number of aromatic carboxylic acids is 1. The molecule has 0 unspecified atom stereocenters. The molecule has 0 aliphatic carbocycles. The fraction of sp³-hybridized carbons (Fsp3) is 0.229. The molecule has 0 bridgehead atoms. The number of halogens is 2. The first-order chi connectivity index (χ1) is 54.8. The maximum Gasteiger partial charge on any atom is 1.00 e. The Morgan fingerprint density at radius 2 is 0.845 bits per heavy atom. The molecule has 27 nitrogen and oxygen atoms in total. The van der Waals surface area contributed by atoms with E-state index in [0.29, 0.717) is 54.2 Å². The van der Waals surface area contributed by atoms with Gasteiger partial charge in [0, 0.05) is 190 Å². The Labute approximate surface area is 717 Å². The van der Waals surface area contributed by atoms with Gasteiger partial charge in [-0.1, -0.05) is 109 Å². The molecule has 8 aromatic carbocycles. The predicted octanol–water partition coefficient (Wildman–Crippen LogP) is 8.87. The monoisotopic (exact) mass is 1820 g/mol. The minimum absolute atomic E-state index is 0. The fourth-order valence-electron chi connectivity index (χ4n) is 13.6. The Hall–Kier alpha value is -10.2.